The van der Waals surface area contributed by atoms with Crippen LogP contribution in [0, 0.1) is 13.8 Å². The summed E-state index contributed by atoms with van der Waals surface area (Å²) < 4.78 is 5.29. The average molecular weight is 447 g/mol. The summed E-state index contributed by atoms with van der Waals surface area (Å²) in [6.07, 6.45) is 3.26. The minimum absolute atomic E-state index is 0.0476. The van der Waals surface area contributed by atoms with E-state index in [0.717, 1.165) is 47.8 Å². The lowest BCUT2D eigenvalue weighted by Gasteiger charge is -2.35. The third-order valence-electron chi connectivity index (χ3n) is 6.13. The second-order valence-corrected chi connectivity index (χ2v) is 9.37. The first-order valence-corrected chi connectivity index (χ1v) is 11.8. The second-order valence-electron chi connectivity index (χ2n) is 8.17. The largest absolute Gasteiger partial charge is 0.459 e. The highest BCUT2D eigenvalue weighted by Crippen LogP contribution is 2.35. The number of anilines is 1. The zero-order valence-electron chi connectivity index (χ0n) is 18.4. The lowest BCUT2D eigenvalue weighted by molar-refractivity contribution is 0.0714. The summed E-state index contributed by atoms with van der Waals surface area (Å²) in [5.74, 6) is 2.24. The van der Waals surface area contributed by atoms with Crippen LogP contribution in [-0.2, 0) is 12.8 Å². The summed E-state index contributed by atoms with van der Waals surface area (Å²) in [7, 11) is 0. The first kappa shape index (κ1) is 20.7. The van der Waals surface area contributed by atoms with Crippen molar-refractivity contribution in [1.29, 1.82) is 0 Å². The van der Waals surface area contributed by atoms with E-state index < -0.39 is 0 Å². The van der Waals surface area contributed by atoms with Crippen LogP contribution < -0.4 is 4.90 Å². The Morgan fingerprint density at radius 3 is 2.50 bits per heavy atom. The maximum Gasteiger partial charge on any atom is 0.289 e. The van der Waals surface area contributed by atoms with Gasteiger partial charge in [0.15, 0.2) is 5.76 Å². The number of amides is 1. The van der Waals surface area contributed by atoms with Crippen LogP contribution in [0.25, 0.3) is 10.2 Å². The van der Waals surface area contributed by atoms with Crippen LogP contribution in [0.15, 0.2) is 53.1 Å². The zero-order chi connectivity index (χ0) is 22.1. The number of hydrogen-bond donors (Lipinski definition) is 0. The Balaban J connectivity index is 1.39. The molecule has 4 aromatic rings. The number of aromatic nitrogens is 2. The molecule has 0 aliphatic carbocycles. The van der Waals surface area contributed by atoms with Crippen molar-refractivity contribution in [3.05, 3.63) is 76.3 Å². The summed E-state index contributed by atoms with van der Waals surface area (Å²) in [5.41, 5.74) is 2.55. The molecule has 7 heteroatoms. The Morgan fingerprint density at radius 2 is 1.78 bits per heavy atom. The summed E-state index contributed by atoms with van der Waals surface area (Å²) in [5, 5.41) is 1.15. The lowest BCUT2D eigenvalue weighted by atomic mass is 10.1. The predicted molar refractivity (Wildman–Crippen MR) is 128 cm³/mol. The molecule has 1 saturated heterocycles. The Labute approximate surface area is 191 Å². The molecule has 3 aromatic heterocycles. The van der Waals surface area contributed by atoms with Crippen LogP contribution in [0.2, 0.25) is 0 Å². The molecule has 0 N–H and O–H groups in total. The third kappa shape index (κ3) is 4.00. The number of aryl methyl sites for hydroxylation is 4. The first-order chi connectivity index (χ1) is 15.6. The molecule has 4 heterocycles. The number of benzene rings is 1. The Hall–Kier alpha value is -3.19. The van der Waals surface area contributed by atoms with E-state index in [-0.39, 0.29) is 5.91 Å². The minimum atomic E-state index is -0.0476. The highest BCUT2D eigenvalue weighted by Gasteiger charge is 2.27. The van der Waals surface area contributed by atoms with Crippen LogP contribution in [0.3, 0.4) is 0 Å². The van der Waals surface area contributed by atoms with Crippen molar-refractivity contribution in [2.75, 3.05) is 31.1 Å². The molecular formula is C25H26N4O2S. The van der Waals surface area contributed by atoms with Gasteiger partial charge < -0.3 is 14.2 Å². The van der Waals surface area contributed by atoms with E-state index in [1.54, 1.807) is 29.7 Å². The maximum absolute atomic E-state index is 12.6. The Morgan fingerprint density at radius 1 is 1.00 bits per heavy atom. The fourth-order valence-electron chi connectivity index (χ4n) is 4.19. The summed E-state index contributed by atoms with van der Waals surface area (Å²) in [6, 6.07) is 13.9. The minimum Gasteiger partial charge on any atom is -0.459 e. The van der Waals surface area contributed by atoms with Crippen molar-refractivity contribution in [2.45, 2.75) is 26.7 Å². The van der Waals surface area contributed by atoms with Gasteiger partial charge in [-0.15, -0.1) is 11.3 Å². The monoisotopic (exact) mass is 446 g/mol. The van der Waals surface area contributed by atoms with E-state index in [1.165, 1.54) is 16.0 Å². The highest BCUT2D eigenvalue weighted by molar-refractivity contribution is 7.18. The second kappa shape index (κ2) is 8.74. The molecule has 1 aliphatic rings. The van der Waals surface area contributed by atoms with Crippen molar-refractivity contribution in [3.8, 4) is 0 Å². The van der Waals surface area contributed by atoms with Crippen LogP contribution in [0.4, 0.5) is 5.82 Å². The number of furan rings is 1. The number of rotatable bonds is 5. The van der Waals surface area contributed by atoms with Gasteiger partial charge >= 0.3 is 0 Å². The SMILES string of the molecule is Cc1sc2nc(CCc3ccccc3)nc(N3CCN(C(=O)c4ccco4)CC3)c2c1C. The molecule has 1 aromatic carbocycles. The smallest absolute Gasteiger partial charge is 0.289 e. The molecule has 6 nitrogen and oxygen atoms in total. The number of fused-ring (bicyclic) bond motifs is 1. The lowest BCUT2D eigenvalue weighted by Crippen LogP contribution is -2.49. The summed E-state index contributed by atoms with van der Waals surface area (Å²) >= 11 is 1.74. The molecule has 164 valence electrons. The fourth-order valence-corrected chi connectivity index (χ4v) is 5.23. The molecule has 1 amide bonds. The molecular weight excluding hydrogens is 420 g/mol. The molecule has 1 fully saturated rings. The van der Waals surface area contributed by atoms with Crippen molar-refractivity contribution < 1.29 is 9.21 Å². The number of nitrogens with zero attached hydrogens (tertiary/aromatic N) is 4. The van der Waals surface area contributed by atoms with Gasteiger partial charge in [0.25, 0.3) is 5.91 Å². The third-order valence-corrected chi connectivity index (χ3v) is 7.24. The molecule has 0 spiro atoms. The standard InChI is InChI=1S/C25H26N4O2S/c1-17-18(2)32-24-22(17)23(26-21(27-24)11-10-19-7-4-3-5-8-19)28-12-14-29(15-13-28)25(30)20-9-6-16-31-20/h3-9,16H,10-15H2,1-2H3. The molecule has 0 saturated carbocycles. The summed E-state index contributed by atoms with van der Waals surface area (Å²) in [4.78, 5) is 29.1. The molecule has 32 heavy (non-hydrogen) atoms. The quantitative estimate of drug-likeness (QED) is 0.447. The van der Waals surface area contributed by atoms with E-state index in [0.29, 0.717) is 18.8 Å². The predicted octanol–water partition coefficient (Wildman–Crippen LogP) is 4.65. The zero-order valence-corrected chi connectivity index (χ0v) is 19.2. The highest BCUT2D eigenvalue weighted by atomic mass is 32.1. The maximum atomic E-state index is 12.6. The van der Waals surface area contributed by atoms with Gasteiger partial charge in [0.1, 0.15) is 16.5 Å². The Bertz CT molecular complexity index is 1230. The topological polar surface area (TPSA) is 62.5 Å². The fraction of sp³-hybridized carbons (Fsp3) is 0.320. The number of thiophene rings is 1. The van der Waals surface area contributed by atoms with Gasteiger partial charge in [-0.05, 0) is 43.5 Å². The number of piperazine rings is 1. The van der Waals surface area contributed by atoms with E-state index in [2.05, 4.69) is 43.0 Å². The molecule has 1 aliphatic heterocycles. The van der Waals surface area contributed by atoms with Crippen LogP contribution in [0.5, 0.6) is 0 Å². The molecule has 0 unspecified atom stereocenters. The van der Waals surface area contributed by atoms with Crippen molar-refractivity contribution >= 4 is 33.3 Å². The van der Waals surface area contributed by atoms with Gasteiger partial charge in [0.05, 0.1) is 11.6 Å². The van der Waals surface area contributed by atoms with Crippen LogP contribution >= 0.6 is 11.3 Å². The molecule has 5 rings (SSSR count). The van der Waals surface area contributed by atoms with E-state index in [4.69, 9.17) is 14.4 Å². The molecule has 0 radical (unpaired) electrons. The van der Waals surface area contributed by atoms with Gasteiger partial charge in [0, 0.05) is 37.5 Å². The normalized spacial score (nSPS) is 14.3. The van der Waals surface area contributed by atoms with E-state index >= 15 is 0 Å². The van der Waals surface area contributed by atoms with Gasteiger partial charge in [0.2, 0.25) is 0 Å². The Kier molecular flexibility index (Phi) is 5.66. The first-order valence-electron chi connectivity index (χ1n) is 11.0. The average Bonchev–Trinajstić information content (AvgIpc) is 3.46. The van der Waals surface area contributed by atoms with E-state index in [9.17, 15) is 4.79 Å². The van der Waals surface area contributed by atoms with Crippen molar-refractivity contribution in [1.82, 2.24) is 14.9 Å². The molecule has 0 bridgehead atoms. The molecule has 0 atom stereocenters. The van der Waals surface area contributed by atoms with E-state index in [1.807, 2.05) is 11.0 Å². The number of carbonyl (C=O) groups is 1. The number of hydrogen-bond acceptors (Lipinski definition) is 6. The number of carbonyl (C=O) groups excluding carboxylic acids is 1. The van der Waals surface area contributed by atoms with Gasteiger partial charge in [-0.3, -0.25) is 4.79 Å². The van der Waals surface area contributed by atoms with Crippen LogP contribution in [-0.4, -0.2) is 47.0 Å². The van der Waals surface area contributed by atoms with Crippen LogP contribution in [0.1, 0.15) is 32.4 Å². The van der Waals surface area contributed by atoms with Crippen molar-refractivity contribution in [2.24, 2.45) is 0 Å². The summed E-state index contributed by atoms with van der Waals surface area (Å²) in [6.45, 7) is 7.07. The van der Waals surface area contributed by atoms with Gasteiger partial charge in [-0.2, -0.15) is 0 Å². The van der Waals surface area contributed by atoms with Gasteiger partial charge in [-0.25, -0.2) is 9.97 Å². The van der Waals surface area contributed by atoms with Crippen molar-refractivity contribution in [3.63, 3.8) is 0 Å². The van der Waals surface area contributed by atoms with Gasteiger partial charge in [-0.1, -0.05) is 30.3 Å².